The predicted molar refractivity (Wildman–Crippen MR) is 99.6 cm³/mol. The van der Waals surface area contributed by atoms with Crippen molar-refractivity contribution in [3.8, 4) is 0 Å². The van der Waals surface area contributed by atoms with Gasteiger partial charge in [-0.15, -0.1) is 0 Å². The van der Waals surface area contributed by atoms with Crippen LogP contribution in [-0.4, -0.2) is 44.6 Å². The molecule has 2 N–H and O–H groups in total. The second-order valence-corrected chi connectivity index (χ2v) is 7.30. The number of carboxylic acids is 1. The van der Waals surface area contributed by atoms with E-state index >= 15 is 0 Å². The van der Waals surface area contributed by atoms with Crippen LogP contribution in [0.15, 0.2) is 33.6 Å². The Bertz CT molecular complexity index is 1040. The monoisotopic (exact) mass is 425 g/mol. The number of carbonyl (C=O) groups excluding carboxylic acids is 2. The molecular weight excluding hydrogens is 406 g/mol. The number of sulfonamides is 1. The largest absolute Gasteiger partial charge is 0.478 e. The Kier molecular flexibility index (Phi) is 6.64. The van der Waals surface area contributed by atoms with Gasteiger partial charge >= 0.3 is 17.9 Å². The number of benzene rings is 1. The number of ether oxygens (including phenoxy) is 2. The summed E-state index contributed by atoms with van der Waals surface area (Å²) in [6.07, 6.45) is 0. The molecule has 0 bridgehead atoms. The lowest BCUT2D eigenvalue weighted by atomic mass is 10.1. The standard InChI is InChI=1S/C18H19NO9S/c1-4-26-17(22)13-10(3)28-15(14(13)18(23)27-5-2)19-29(24,25)12-8-6-11(7-9-12)16(20)21/h6-9,19H,4-5H2,1-3H3,(H,20,21). The minimum absolute atomic E-state index is 0.0197. The molecule has 0 aliphatic rings. The Labute approximate surface area is 166 Å². The quantitative estimate of drug-likeness (QED) is 0.608. The Morgan fingerprint density at radius 1 is 1.00 bits per heavy atom. The third-order valence-electron chi connectivity index (χ3n) is 3.68. The van der Waals surface area contributed by atoms with E-state index in [2.05, 4.69) is 4.72 Å². The van der Waals surface area contributed by atoms with Gasteiger partial charge in [-0.3, -0.25) is 0 Å². The predicted octanol–water partition coefficient (Wildman–Crippen LogP) is 2.44. The van der Waals surface area contributed by atoms with E-state index in [1.54, 1.807) is 13.8 Å². The lowest BCUT2D eigenvalue weighted by molar-refractivity contribution is 0.0480. The molecule has 1 aromatic carbocycles. The Balaban J connectivity index is 2.50. The Morgan fingerprint density at radius 2 is 1.52 bits per heavy atom. The summed E-state index contributed by atoms with van der Waals surface area (Å²) < 4.78 is 42.5. The highest BCUT2D eigenvalue weighted by atomic mass is 32.2. The maximum Gasteiger partial charge on any atom is 0.344 e. The first kappa shape index (κ1) is 22.0. The van der Waals surface area contributed by atoms with Crippen LogP contribution in [0.2, 0.25) is 0 Å². The highest BCUT2D eigenvalue weighted by Crippen LogP contribution is 2.30. The van der Waals surface area contributed by atoms with Gasteiger partial charge in [0, 0.05) is 0 Å². The molecule has 0 fully saturated rings. The number of hydrogen-bond acceptors (Lipinski definition) is 8. The zero-order valence-electron chi connectivity index (χ0n) is 15.8. The van der Waals surface area contributed by atoms with Gasteiger partial charge in [0.25, 0.3) is 10.0 Å². The van der Waals surface area contributed by atoms with Gasteiger partial charge in [-0.05, 0) is 45.0 Å². The van der Waals surface area contributed by atoms with Gasteiger partial charge in [0.15, 0.2) is 0 Å². The van der Waals surface area contributed by atoms with Crippen molar-refractivity contribution in [1.82, 2.24) is 0 Å². The molecule has 0 radical (unpaired) electrons. The first-order chi connectivity index (χ1) is 13.6. The zero-order valence-corrected chi connectivity index (χ0v) is 16.7. The maximum atomic E-state index is 12.6. The number of carbonyl (C=O) groups is 3. The van der Waals surface area contributed by atoms with Gasteiger partial charge in [0.1, 0.15) is 16.9 Å². The second-order valence-electron chi connectivity index (χ2n) is 5.61. The minimum Gasteiger partial charge on any atom is -0.478 e. The maximum absolute atomic E-state index is 12.6. The van der Waals surface area contributed by atoms with Gasteiger partial charge in [-0.1, -0.05) is 0 Å². The minimum atomic E-state index is -4.26. The van der Waals surface area contributed by atoms with E-state index in [9.17, 15) is 22.8 Å². The molecule has 0 saturated carbocycles. The molecule has 0 atom stereocenters. The van der Waals surface area contributed by atoms with Crippen molar-refractivity contribution in [2.75, 3.05) is 17.9 Å². The molecule has 10 nitrogen and oxygen atoms in total. The van der Waals surface area contributed by atoms with E-state index < -0.39 is 39.4 Å². The topological polar surface area (TPSA) is 149 Å². The molecule has 2 rings (SSSR count). The average molecular weight is 425 g/mol. The summed E-state index contributed by atoms with van der Waals surface area (Å²) in [6, 6.07) is 4.39. The summed E-state index contributed by atoms with van der Waals surface area (Å²) in [5, 5.41) is 8.92. The SMILES string of the molecule is CCOC(=O)c1c(C)oc(NS(=O)(=O)c2ccc(C(=O)O)cc2)c1C(=O)OCC. The van der Waals surface area contributed by atoms with Crippen molar-refractivity contribution in [3.05, 3.63) is 46.7 Å². The molecule has 29 heavy (non-hydrogen) atoms. The number of hydrogen-bond donors (Lipinski definition) is 2. The van der Waals surface area contributed by atoms with Crippen molar-refractivity contribution < 1.29 is 41.8 Å². The Morgan fingerprint density at radius 3 is 2.00 bits per heavy atom. The molecule has 0 aliphatic carbocycles. The lowest BCUT2D eigenvalue weighted by Crippen LogP contribution is -2.18. The molecular formula is C18H19NO9S. The van der Waals surface area contributed by atoms with E-state index in [0.29, 0.717) is 0 Å². The number of furan rings is 1. The highest BCUT2D eigenvalue weighted by Gasteiger charge is 2.32. The van der Waals surface area contributed by atoms with Gasteiger partial charge in [0.05, 0.1) is 23.7 Å². The fourth-order valence-corrected chi connectivity index (χ4v) is 3.42. The average Bonchev–Trinajstić information content (AvgIpc) is 2.97. The van der Waals surface area contributed by atoms with Gasteiger partial charge in [-0.25, -0.2) is 27.5 Å². The van der Waals surface area contributed by atoms with E-state index in [-0.39, 0.29) is 35.0 Å². The van der Waals surface area contributed by atoms with Crippen LogP contribution in [0.1, 0.15) is 50.7 Å². The Hall–Kier alpha value is -3.34. The molecule has 156 valence electrons. The van der Waals surface area contributed by atoms with Crippen molar-refractivity contribution in [1.29, 1.82) is 0 Å². The summed E-state index contributed by atoms with van der Waals surface area (Å²) in [7, 11) is -4.26. The highest BCUT2D eigenvalue weighted by molar-refractivity contribution is 7.92. The van der Waals surface area contributed by atoms with Gasteiger partial charge < -0.3 is 19.0 Å². The van der Waals surface area contributed by atoms with Gasteiger partial charge in [0.2, 0.25) is 5.88 Å². The first-order valence-electron chi connectivity index (χ1n) is 8.46. The van der Waals surface area contributed by atoms with Crippen LogP contribution in [0.25, 0.3) is 0 Å². The summed E-state index contributed by atoms with van der Waals surface area (Å²) in [4.78, 5) is 35.2. The number of aromatic carboxylic acids is 1. The molecule has 0 saturated heterocycles. The van der Waals surface area contributed by atoms with Crippen molar-refractivity contribution in [2.24, 2.45) is 0 Å². The molecule has 2 aromatic rings. The number of anilines is 1. The number of esters is 2. The zero-order chi connectivity index (χ0) is 21.8. The van der Waals surface area contributed by atoms with Crippen LogP contribution in [0.4, 0.5) is 5.88 Å². The third kappa shape index (κ3) is 4.74. The number of rotatable bonds is 8. The van der Waals surface area contributed by atoms with E-state index in [1.165, 1.54) is 6.92 Å². The fraction of sp³-hybridized carbons (Fsp3) is 0.278. The first-order valence-corrected chi connectivity index (χ1v) is 9.94. The summed E-state index contributed by atoms with van der Waals surface area (Å²) >= 11 is 0. The van der Waals surface area contributed by atoms with Gasteiger partial charge in [-0.2, -0.15) is 0 Å². The number of aryl methyl sites for hydroxylation is 1. The lowest BCUT2D eigenvalue weighted by Gasteiger charge is -2.09. The normalized spacial score (nSPS) is 11.0. The summed E-state index contributed by atoms with van der Waals surface area (Å²) in [5.74, 6) is -3.59. The van der Waals surface area contributed by atoms with Crippen LogP contribution in [0.5, 0.6) is 0 Å². The van der Waals surface area contributed by atoms with Crippen LogP contribution in [-0.2, 0) is 19.5 Å². The number of carboxylic acid groups (broad SMARTS) is 1. The third-order valence-corrected chi connectivity index (χ3v) is 5.03. The molecule has 11 heteroatoms. The molecule has 0 amide bonds. The summed E-state index contributed by atoms with van der Waals surface area (Å²) in [6.45, 7) is 4.50. The van der Waals surface area contributed by atoms with Crippen LogP contribution >= 0.6 is 0 Å². The van der Waals surface area contributed by atoms with Crippen molar-refractivity contribution in [3.63, 3.8) is 0 Å². The molecule has 0 unspecified atom stereocenters. The van der Waals surface area contributed by atoms with E-state index in [0.717, 1.165) is 24.3 Å². The van der Waals surface area contributed by atoms with Crippen LogP contribution < -0.4 is 4.72 Å². The van der Waals surface area contributed by atoms with Crippen molar-refractivity contribution >= 4 is 33.8 Å². The fourth-order valence-electron chi connectivity index (χ4n) is 2.42. The summed E-state index contributed by atoms with van der Waals surface area (Å²) in [5.41, 5.74) is -0.757. The van der Waals surface area contributed by atoms with E-state index in [4.69, 9.17) is 19.0 Å². The smallest absolute Gasteiger partial charge is 0.344 e. The van der Waals surface area contributed by atoms with Crippen molar-refractivity contribution in [2.45, 2.75) is 25.7 Å². The second kappa shape index (κ2) is 8.78. The van der Waals surface area contributed by atoms with Crippen LogP contribution in [0.3, 0.4) is 0 Å². The number of nitrogens with one attached hydrogen (secondary N) is 1. The van der Waals surface area contributed by atoms with Crippen LogP contribution in [0, 0.1) is 6.92 Å². The van der Waals surface area contributed by atoms with E-state index in [1.807, 2.05) is 0 Å². The molecule has 0 spiro atoms. The molecule has 1 heterocycles. The molecule has 0 aliphatic heterocycles. The molecule has 1 aromatic heterocycles.